The van der Waals surface area contributed by atoms with Gasteiger partial charge in [0.25, 0.3) is 5.69 Å². The van der Waals surface area contributed by atoms with Crippen LogP contribution >= 0.6 is 0 Å². The molecule has 3 aromatic carbocycles. The second-order valence-electron chi connectivity index (χ2n) is 6.23. The van der Waals surface area contributed by atoms with Crippen LogP contribution in [0.4, 0.5) is 5.69 Å². The number of ether oxygens (including phenoxy) is 1. The van der Waals surface area contributed by atoms with E-state index < -0.39 is 22.8 Å². The molecule has 6 nitrogen and oxygen atoms in total. The monoisotopic (exact) mass is 375 g/mol. The summed E-state index contributed by atoms with van der Waals surface area (Å²) in [4.78, 5) is 35.9. The Labute approximate surface area is 161 Å². The highest BCUT2D eigenvalue weighted by Crippen LogP contribution is 2.26. The van der Waals surface area contributed by atoms with E-state index in [1.807, 2.05) is 13.0 Å². The van der Waals surface area contributed by atoms with Crippen LogP contribution in [0, 0.1) is 17.0 Å². The van der Waals surface area contributed by atoms with Gasteiger partial charge in [-0.1, -0.05) is 48.0 Å². The van der Waals surface area contributed by atoms with Crippen LogP contribution in [0.3, 0.4) is 0 Å². The number of carbonyl (C=O) groups is 2. The second kappa shape index (κ2) is 8.26. The Kier molecular flexibility index (Phi) is 5.60. The Balaban J connectivity index is 1.95. The minimum absolute atomic E-state index is 0.111. The molecule has 0 bridgehead atoms. The van der Waals surface area contributed by atoms with Gasteiger partial charge in [0.15, 0.2) is 6.10 Å². The number of carbonyl (C=O) groups excluding carboxylic acids is 2. The summed E-state index contributed by atoms with van der Waals surface area (Å²) in [6, 6.07) is 20.7. The van der Waals surface area contributed by atoms with Crippen LogP contribution in [0.1, 0.15) is 37.9 Å². The zero-order valence-electron chi connectivity index (χ0n) is 15.1. The fraction of sp³-hybridized carbons (Fsp3) is 0.0909. The van der Waals surface area contributed by atoms with Gasteiger partial charge < -0.3 is 4.74 Å². The molecule has 140 valence electrons. The number of hydrogen-bond donors (Lipinski definition) is 0. The van der Waals surface area contributed by atoms with Crippen LogP contribution in [-0.2, 0) is 4.74 Å². The van der Waals surface area contributed by atoms with Gasteiger partial charge in [-0.25, -0.2) is 4.79 Å². The maximum absolute atomic E-state index is 13.0. The van der Waals surface area contributed by atoms with E-state index in [1.54, 1.807) is 48.5 Å². The largest absolute Gasteiger partial charge is 0.445 e. The van der Waals surface area contributed by atoms with E-state index in [0.717, 1.165) is 5.56 Å². The molecule has 0 aromatic heterocycles. The van der Waals surface area contributed by atoms with Crippen LogP contribution in [-0.4, -0.2) is 16.7 Å². The number of benzene rings is 3. The van der Waals surface area contributed by atoms with Gasteiger partial charge in [0.2, 0.25) is 5.78 Å². The molecule has 3 rings (SSSR count). The molecule has 0 N–H and O–H groups in total. The van der Waals surface area contributed by atoms with Crippen molar-refractivity contribution in [3.05, 3.63) is 111 Å². The quantitative estimate of drug-likeness (QED) is 0.270. The van der Waals surface area contributed by atoms with E-state index in [2.05, 4.69) is 0 Å². The predicted octanol–water partition coefficient (Wildman–Crippen LogP) is 4.68. The first-order chi connectivity index (χ1) is 13.5. The summed E-state index contributed by atoms with van der Waals surface area (Å²) in [7, 11) is 0. The van der Waals surface area contributed by atoms with Crippen LogP contribution in [0.25, 0.3) is 0 Å². The molecule has 0 aliphatic heterocycles. The lowest BCUT2D eigenvalue weighted by atomic mass is 9.99. The molecule has 0 radical (unpaired) electrons. The highest BCUT2D eigenvalue weighted by Gasteiger charge is 2.27. The number of rotatable bonds is 6. The summed E-state index contributed by atoms with van der Waals surface area (Å²) in [5, 5.41) is 10.9. The van der Waals surface area contributed by atoms with E-state index in [9.17, 15) is 19.7 Å². The first kappa shape index (κ1) is 19.0. The normalized spacial score (nSPS) is 11.5. The first-order valence-corrected chi connectivity index (χ1v) is 8.57. The number of Topliss-reactive ketones (excluding diaryl/α,β-unsaturated/α-hetero) is 1. The van der Waals surface area contributed by atoms with Gasteiger partial charge >= 0.3 is 5.97 Å². The van der Waals surface area contributed by atoms with Crippen LogP contribution in [0.5, 0.6) is 0 Å². The van der Waals surface area contributed by atoms with Gasteiger partial charge in [-0.05, 0) is 31.2 Å². The average Bonchev–Trinajstić information content (AvgIpc) is 2.72. The minimum atomic E-state index is -1.21. The number of esters is 1. The Bertz CT molecular complexity index is 1010. The summed E-state index contributed by atoms with van der Waals surface area (Å²) in [6.45, 7) is 1.85. The number of non-ortho nitro benzene ring substituents is 1. The third kappa shape index (κ3) is 4.29. The van der Waals surface area contributed by atoms with Crippen molar-refractivity contribution in [2.75, 3.05) is 0 Å². The molecule has 0 aliphatic carbocycles. The summed E-state index contributed by atoms with van der Waals surface area (Å²) >= 11 is 0. The predicted molar refractivity (Wildman–Crippen MR) is 103 cm³/mol. The Morgan fingerprint density at radius 2 is 1.54 bits per heavy atom. The molecule has 3 aromatic rings. The van der Waals surface area contributed by atoms with Gasteiger partial charge in [0.1, 0.15) is 0 Å². The number of ketones is 1. The number of hydrogen-bond acceptors (Lipinski definition) is 5. The molecule has 0 fully saturated rings. The van der Waals surface area contributed by atoms with Crippen molar-refractivity contribution in [1.82, 2.24) is 0 Å². The molecule has 0 heterocycles. The van der Waals surface area contributed by atoms with Crippen molar-refractivity contribution in [3.63, 3.8) is 0 Å². The van der Waals surface area contributed by atoms with Crippen molar-refractivity contribution in [2.45, 2.75) is 13.0 Å². The fourth-order valence-electron chi connectivity index (χ4n) is 2.74. The zero-order chi connectivity index (χ0) is 20.1. The lowest BCUT2D eigenvalue weighted by molar-refractivity contribution is -0.384. The fourth-order valence-corrected chi connectivity index (χ4v) is 2.74. The Morgan fingerprint density at radius 1 is 0.893 bits per heavy atom. The molecule has 0 amide bonds. The third-order valence-corrected chi connectivity index (χ3v) is 4.18. The zero-order valence-corrected chi connectivity index (χ0v) is 15.1. The maximum atomic E-state index is 13.0. The van der Waals surface area contributed by atoms with Gasteiger partial charge in [0.05, 0.1) is 10.5 Å². The van der Waals surface area contributed by atoms with E-state index in [-0.39, 0.29) is 5.69 Å². The van der Waals surface area contributed by atoms with Crippen molar-refractivity contribution in [3.8, 4) is 0 Å². The number of nitro benzene ring substituents is 1. The van der Waals surface area contributed by atoms with Gasteiger partial charge in [0, 0.05) is 23.3 Å². The molecule has 1 atom stereocenters. The standard InChI is InChI=1S/C22H17NO5/c1-15-6-5-9-18(14-15)22(25)28-21(20(24)16-7-3-2-4-8-16)17-10-12-19(13-11-17)23(26)27/h2-14,21H,1H3/t21-/m1/s1. The lowest BCUT2D eigenvalue weighted by Crippen LogP contribution is -2.20. The van der Waals surface area contributed by atoms with Crippen molar-refractivity contribution >= 4 is 17.4 Å². The van der Waals surface area contributed by atoms with E-state index in [1.165, 1.54) is 24.3 Å². The molecule has 6 heteroatoms. The summed E-state index contributed by atoms with van der Waals surface area (Å²) in [5.74, 6) is -1.05. The SMILES string of the molecule is Cc1cccc(C(=O)O[C@@H](C(=O)c2ccccc2)c2ccc([N+](=O)[O-])cc2)c1. The second-order valence-corrected chi connectivity index (χ2v) is 6.23. The van der Waals surface area contributed by atoms with Gasteiger partial charge in [-0.15, -0.1) is 0 Å². The van der Waals surface area contributed by atoms with Gasteiger partial charge in [-0.3, -0.25) is 14.9 Å². The molecule has 0 aliphatic rings. The summed E-state index contributed by atoms with van der Waals surface area (Å²) < 4.78 is 5.54. The van der Waals surface area contributed by atoms with E-state index in [0.29, 0.717) is 16.7 Å². The average molecular weight is 375 g/mol. The molecule has 0 saturated carbocycles. The molecule has 28 heavy (non-hydrogen) atoms. The van der Waals surface area contributed by atoms with Crippen molar-refractivity contribution < 1.29 is 19.2 Å². The minimum Gasteiger partial charge on any atom is -0.445 e. The number of aryl methyl sites for hydroxylation is 1. The van der Waals surface area contributed by atoms with Crippen LogP contribution in [0.15, 0.2) is 78.9 Å². The number of nitro groups is 1. The summed E-state index contributed by atoms with van der Waals surface area (Å²) in [6.07, 6.45) is -1.21. The van der Waals surface area contributed by atoms with Crippen molar-refractivity contribution in [2.24, 2.45) is 0 Å². The maximum Gasteiger partial charge on any atom is 0.339 e. The van der Waals surface area contributed by atoms with E-state index in [4.69, 9.17) is 4.74 Å². The van der Waals surface area contributed by atoms with Crippen molar-refractivity contribution in [1.29, 1.82) is 0 Å². The Hall–Kier alpha value is -3.80. The number of nitrogens with zero attached hydrogens (tertiary/aromatic N) is 1. The lowest BCUT2D eigenvalue weighted by Gasteiger charge is -2.17. The highest BCUT2D eigenvalue weighted by atomic mass is 16.6. The molecular formula is C22H17NO5. The van der Waals surface area contributed by atoms with Crippen LogP contribution < -0.4 is 0 Å². The molecule has 0 spiro atoms. The smallest absolute Gasteiger partial charge is 0.339 e. The summed E-state index contributed by atoms with van der Waals surface area (Å²) in [5.41, 5.74) is 1.84. The molecule has 0 saturated heterocycles. The first-order valence-electron chi connectivity index (χ1n) is 8.57. The molecule has 0 unspecified atom stereocenters. The third-order valence-electron chi connectivity index (χ3n) is 4.18. The Morgan fingerprint density at radius 3 is 2.14 bits per heavy atom. The highest BCUT2D eigenvalue weighted by molar-refractivity contribution is 6.02. The van der Waals surface area contributed by atoms with Crippen LogP contribution in [0.2, 0.25) is 0 Å². The molecular weight excluding hydrogens is 358 g/mol. The topological polar surface area (TPSA) is 86.5 Å². The van der Waals surface area contributed by atoms with Gasteiger partial charge in [-0.2, -0.15) is 0 Å². The van der Waals surface area contributed by atoms with E-state index >= 15 is 0 Å².